The molecule has 1 aromatic heterocycles. The van der Waals surface area contributed by atoms with E-state index >= 15 is 0 Å². The standard InChI is InChI=1S/C14H17Br3N4/c1-20(2)5-6-21-14(12(17)8-19-21)13(18)10-4-3-9(15)7-11(10)16/h3-4,7-8,13H,5-6,18H2,1-2H3. The van der Waals surface area contributed by atoms with Crippen molar-refractivity contribution in [2.75, 3.05) is 20.6 Å². The fraction of sp³-hybridized carbons (Fsp3) is 0.357. The molecule has 1 atom stereocenters. The molecule has 2 aromatic rings. The zero-order valence-corrected chi connectivity index (χ0v) is 16.6. The Kier molecular flexibility index (Phi) is 6.02. The van der Waals surface area contributed by atoms with Crippen LogP contribution in [-0.4, -0.2) is 35.3 Å². The second-order valence-corrected chi connectivity index (χ2v) is 7.67. The van der Waals surface area contributed by atoms with E-state index < -0.39 is 0 Å². The van der Waals surface area contributed by atoms with Crippen LogP contribution in [0, 0.1) is 0 Å². The van der Waals surface area contributed by atoms with Crippen molar-refractivity contribution in [1.82, 2.24) is 14.7 Å². The van der Waals surface area contributed by atoms with Gasteiger partial charge in [0.15, 0.2) is 0 Å². The summed E-state index contributed by atoms with van der Waals surface area (Å²) in [4.78, 5) is 2.13. The van der Waals surface area contributed by atoms with Crippen molar-refractivity contribution in [1.29, 1.82) is 0 Å². The average molecular weight is 481 g/mol. The highest BCUT2D eigenvalue weighted by molar-refractivity contribution is 9.11. The molecule has 0 radical (unpaired) electrons. The molecule has 114 valence electrons. The zero-order chi connectivity index (χ0) is 15.6. The van der Waals surface area contributed by atoms with Gasteiger partial charge in [-0.05, 0) is 47.7 Å². The van der Waals surface area contributed by atoms with E-state index in [1.165, 1.54) is 0 Å². The lowest BCUT2D eigenvalue weighted by Crippen LogP contribution is -2.23. The molecule has 0 aliphatic carbocycles. The van der Waals surface area contributed by atoms with Crippen LogP contribution in [0.15, 0.2) is 37.8 Å². The Labute approximate surface area is 150 Å². The van der Waals surface area contributed by atoms with Gasteiger partial charge in [0.25, 0.3) is 0 Å². The van der Waals surface area contributed by atoms with Crippen LogP contribution < -0.4 is 5.73 Å². The molecular formula is C14H17Br3N4. The first kappa shape index (κ1) is 17.1. The summed E-state index contributed by atoms with van der Waals surface area (Å²) in [6.07, 6.45) is 1.80. The molecule has 0 fully saturated rings. The Morgan fingerprint density at radius 1 is 1.24 bits per heavy atom. The molecule has 0 amide bonds. The summed E-state index contributed by atoms with van der Waals surface area (Å²) in [5.74, 6) is 0. The lowest BCUT2D eigenvalue weighted by Gasteiger charge is -2.18. The van der Waals surface area contributed by atoms with Crippen molar-refractivity contribution in [2.45, 2.75) is 12.6 Å². The predicted molar refractivity (Wildman–Crippen MR) is 96.4 cm³/mol. The number of benzene rings is 1. The minimum atomic E-state index is -0.244. The van der Waals surface area contributed by atoms with Crippen LogP contribution in [-0.2, 0) is 6.54 Å². The number of hydrogen-bond donors (Lipinski definition) is 1. The summed E-state index contributed by atoms with van der Waals surface area (Å²) in [7, 11) is 4.09. The van der Waals surface area contributed by atoms with Gasteiger partial charge in [-0.25, -0.2) is 0 Å². The van der Waals surface area contributed by atoms with Gasteiger partial charge in [-0.3, -0.25) is 4.68 Å². The molecule has 1 heterocycles. The van der Waals surface area contributed by atoms with Crippen LogP contribution in [0.2, 0.25) is 0 Å². The van der Waals surface area contributed by atoms with E-state index in [-0.39, 0.29) is 6.04 Å². The minimum absolute atomic E-state index is 0.244. The van der Waals surface area contributed by atoms with Crippen molar-refractivity contribution >= 4 is 47.8 Å². The molecule has 0 saturated carbocycles. The molecular weight excluding hydrogens is 464 g/mol. The highest BCUT2D eigenvalue weighted by Gasteiger charge is 2.20. The van der Waals surface area contributed by atoms with Gasteiger partial charge in [0, 0.05) is 15.5 Å². The highest BCUT2D eigenvalue weighted by Crippen LogP contribution is 2.32. The molecule has 21 heavy (non-hydrogen) atoms. The van der Waals surface area contributed by atoms with Crippen molar-refractivity contribution in [2.24, 2.45) is 5.73 Å². The van der Waals surface area contributed by atoms with Crippen molar-refractivity contribution < 1.29 is 0 Å². The molecule has 0 bridgehead atoms. The Bertz CT molecular complexity index is 625. The summed E-state index contributed by atoms with van der Waals surface area (Å²) in [6, 6.07) is 5.78. The second-order valence-electron chi connectivity index (χ2n) is 5.05. The van der Waals surface area contributed by atoms with Gasteiger partial charge in [-0.1, -0.05) is 37.9 Å². The summed E-state index contributed by atoms with van der Waals surface area (Å²) >= 11 is 10.6. The van der Waals surface area contributed by atoms with Gasteiger partial charge in [0.2, 0.25) is 0 Å². The summed E-state index contributed by atoms with van der Waals surface area (Å²) in [5.41, 5.74) is 8.49. The van der Waals surface area contributed by atoms with E-state index in [0.29, 0.717) is 0 Å². The maximum absolute atomic E-state index is 6.47. The van der Waals surface area contributed by atoms with Crippen LogP contribution in [0.1, 0.15) is 17.3 Å². The summed E-state index contributed by atoms with van der Waals surface area (Å²) < 4.78 is 4.90. The molecule has 7 heteroatoms. The van der Waals surface area contributed by atoms with Crippen molar-refractivity contribution in [3.63, 3.8) is 0 Å². The lowest BCUT2D eigenvalue weighted by molar-refractivity contribution is 0.368. The molecule has 1 aromatic carbocycles. The van der Waals surface area contributed by atoms with E-state index in [0.717, 1.165) is 37.8 Å². The third kappa shape index (κ3) is 4.16. The van der Waals surface area contributed by atoms with Crippen molar-refractivity contribution in [3.8, 4) is 0 Å². The first-order chi connectivity index (χ1) is 9.90. The zero-order valence-electron chi connectivity index (χ0n) is 11.9. The maximum atomic E-state index is 6.47. The molecule has 0 aliphatic heterocycles. The SMILES string of the molecule is CN(C)CCn1ncc(Br)c1C(N)c1ccc(Br)cc1Br. The fourth-order valence-electron chi connectivity index (χ4n) is 2.06. The third-order valence-corrected chi connectivity index (χ3v) is 4.98. The second kappa shape index (κ2) is 7.37. The van der Waals surface area contributed by atoms with E-state index in [2.05, 4.69) is 57.8 Å². The van der Waals surface area contributed by atoms with Gasteiger partial charge in [-0.2, -0.15) is 5.10 Å². The Balaban J connectivity index is 2.34. The van der Waals surface area contributed by atoms with Crippen LogP contribution in [0.5, 0.6) is 0 Å². The number of hydrogen-bond acceptors (Lipinski definition) is 3. The van der Waals surface area contributed by atoms with Gasteiger partial charge in [0.05, 0.1) is 29.0 Å². The highest BCUT2D eigenvalue weighted by atomic mass is 79.9. The largest absolute Gasteiger partial charge is 0.319 e. The number of likely N-dealkylation sites (N-methyl/N-ethyl adjacent to an activating group) is 1. The van der Waals surface area contributed by atoms with Crippen LogP contribution in [0.4, 0.5) is 0 Å². The first-order valence-electron chi connectivity index (χ1n) is 6.46. The van der Waals surface area contributed by atoms with Crippen LogP contribution >= 0.6 is 47.8 Å². The number of nitrogens with two attached hydrogens (primary N) is 1. The smallest absolute Gasteiger partial charge is 0.0745 e. The molecule has 4 nitrogen and oxygen atoms in total. The van der Waals surface area contributed by atoms with Crippen LogP contribution in [0.25, 0.3) is 0 Å². The van der Waals surface area contributed by atoms with Crippen LogP contribution in [0.3, 0.4) is 0 Å². The Morgan fingerprint density at radius 2 is 1.95 bits per heavy atom. The van der Waals surface area contributed by atoms with Gasteiger partial charge in [-0.15, -0.1) is 0 Å². The molecule has 2 N–H and O–H groups in total. The number of rotatable bonds is 5. The summed E-state index contributed by atoms with van der Waals surface area (Å²) in [6.45, 7) is 1.71. The van der Waals surface area contributed by atoms with E-state index in [1.54, 1.807) is 6.20 Å². The third-order valence-electron chi connectivity index (χ3n) is 3.18. The van der Waals surface area contributed by atoms with Crippen molar-refractivity contribution in [3.05, 3.63) is 49.1 Å². The Morgan fingerprint density at radius 3 is 2.57 bits per heavy atom. The lowest BCUT2D eigenvalue weighted by atomic mass is 10.0. The van der Waals surface area contributed by atoms with Gasteiger partial charge >= 0.3 is 0 Å². The van der Waals surface area contributed by atoms with E-state index in [4.69, 9.17) is 5.73 Å². The Hall–Kier alpha value is -0.210. The number of aromatic nitrogens is 2. The number of nitrogens with zero attached hydrogens (tertiary/aromatic N) is 3. The average Bonchev–Trinajstić information content (AvgIpc) is 2.77. The molecule has 0 saturated heterocycles. The predicted octanol–water partition coefficient (Wildman–Crippen LogP) is 3.78. The van der Waals surface area contributed by atoms with Gasteiger partial charge in [0.1, 0.15) is 0 Å². The molecule has 0 spiro atoms. The maximum Gasteiger partial charge on any atom is 0.0745 e. The van der Waals surface area contributed by atoms with E-state index in [1.807, 2.05) is 37.0 Å². The normalized spacial score (nSPS) is 12.9. The monoisotopic (exact) mass is 478 g/mol. The molecule has 2 rings (SSSR count). The minimum Gasteiger partial charge on any atom is -0.319 e. The van der Waals surface area contributed by atoms with E-state index in [9.17, 15) is 0 Å². The van der Waals surface area contributed by atoms with Gasteiger partial charge < -0.3 is 10.6 Å². The first-order valence-corrected chi connectivity index (χ1v) is 8.84. The fourth-order valence-corrected chi connectivity index (χ4v) is 3.89. The topological polar surface area (TPSA) is 47.1 Å². The number of halogens is 3. The molecule has 0 aliphatic rings. The quantitative estimate of drug-likeness (QED) is 0.708. The molecule has 1 unspecified atom stereocenters. The summed E-state index contributed by atoms with van der Waals surface area (Å²) in [5, 5.41) is 4.42.